The zero-order valence-electron chi connectivity index (χ0n) is 14.4. The largest absolute Gasteiger partial charge is 0.506 e. The molecule has 9 nitrogen and oxygen atoms in total. The Labute approximate surface area is 153 Å². The molecular formula is C17H20FN5O4. The number of benzene rings is 1. The molecule has 1 amide bonds. The summed E-state index contributed by atoms with van der Waals surface area (Å²) in [6.07, 6.45) is 3.64. The summed E-state index contributed by atoms with van der Waals surface area (Å²) < 4.78 is 14.1. The summed E-state index contributed by atoms with van der Waals surface area (Å²) in [6, 6.07) is 2.21. The smallest absolute Gasteiger partial charge is 0.259 e. The van der Waals surface area contributed by atoms with Crippen LogP contribution in [0.1, 0.15) is 37.2 Å². The van der Waals surface area contributed by atoms with E-state index in [1.165, 1.54) is 6.07 Å². The molecule has 1 aliphatic carbocycles. The van der Waals surface area contributed by atoms with Gasteiger partial charge in [0.1, 0.15) is 11.4 Å². The fraction of sp³-hybridized carbons (Fsp3) is 0.353. The number of carbonyl (C=O) groups is 1. The molecule has 1 fully saturated rings. The third-order valence-electron chi connectivity index (χ3n) is 4.47. The summed E-state index contributed by atoms with van der Waals surface area (Å²) in [4.78, 5) is 29.5. The van der Waals surface area contributed by atoms with Gasteiger partial charge in [0.15, 0.2) is 5.82 Å². The summed E-state index contributed by atoms with van der Waals surface area (Å²) in [7, 11) is 0. The van der Waals surface area contributed by atoms with Gasteiger partial charge in [-0.3, -0.25) is 14.6 Å². The highest BCUT2D eigenvalue weighted by molar-refractivity contribution is 5.80. The van der Waals surface area contributed by atoms with Crippen molar-refractivity contribution in [2.75, 3.05) is 17.2 Å². The van der Waals surface area contributed by atoms with Crippen LogP contribution in [0.15, 0.2) is 16.9 Å². The highest BCUT2D eigenvalue weighted by Gasteiger charge is 2.24. The number of halogens is 1. The first kappa shape index (κ1) is 18.5. The number of hydrogen-bond donors (Lipinski definition) is 6. The molecule has 1 aromatic carbocycles. The summed E-state index contributed by atoms with van der Waals surface area (Å²) in [5, 5.41) is 25.1. The number of aromatic amines is 1. The second-order valence-corrected chi connectivity index (χ2v) is 6.43. The van der Waals surface area contributed by atoms with Gasteiger partial charge in [-0.05, 0) is 24.8 Å². The van der Waals surface area contributed by atoms with Crippen LogP contribution in [0.3, 0.4) is 0 Å². The normalized spacial score (nSPS) is 14.3. The van der Waals surface area contributed by atoms with Gasteiger partial charge in [-0.1, -0.05) is 12.8 Å². The molecular weight excluding hydrogens is 357 g/mol. The molecule has 1 heterocycles. The lowest BCUT2D eigenvalue weighted by atomic mass is 10.0. The molecule has 0 unspecified atom stereocenters. The number of aromatic hydroxyl groups is 2. The van der Waals surface area contributed by atoms with E-state index in [4.69, 9.17) is 5.73 Å². The van der Waals surface area contributed by atoms with Crippen LogP contribution in [0.5, 0.6) is 11.6 Å². The van der Waals surface area contributed by atoms with Crippen molar-refractivity contribution in [3.63, 3.8) is 0 Å². The lowest BCUT2D eigenvalue weighted by molar-refractivity contribution is -0.116. The number of carbonyl (C=O) groups excluding carboxylic acids is 1. The van der Waals surface area contributed by atoms with Crippen molar-refractivity contribution >= 4 is 23.2 Å². The van der Waals surface area contributed by atoms with Gasteiger partial charge in [0.25, 0.3) is 5.56 Å². The van der Waals surface area contributed by atoms with Crippen LogP contribution in [0.2, 0.25) is 0 Å². The molecule has 144 valence electrons. The second kappa shape index (κ2) is 7.52. The average molecular weight is 377 g/mol. The highest BCUT2D eigenvalue weighted by atomic mass is 19.1. The Morgan fingerprint density at radius 3 is 2.63 bits per heavy atom. The molecule has 0 atom stereocenters. The van der Waals surface area contributed by atoms with Gasteiger partial charge in [0.05, 0.1) is 12.1 Å². The predicted octanol–water partition coefficient (Wildman–Crippen LogP) is 1.62. The molecule has 2 aromatic rings. The van der Waals surface area contributed by atoms with Crippen molar-refractivity contribution in [1.82, 2.24) is 9.97 Å². The van der Waals surface area contributed by atoms with E-state index in [1.54, 1.807) is 0 Å². The number of hydrogen-bond acceptors (Lipinski definition) is 7. The SMILES string of the molecule is NC(=O)CNc1c(O)cc(Nc2nc(O)c(C3CCCC3)c(=O)[nH]2)cc1F. The van der Waals surface area contributed by atoms with Gasteiger partial charge in [-0.2, -0.15) is 4.98 Å². The first-order valence-corrected chi connectivity index (χ1v) is 8.50. The Kier molecular flexibility index (Phi) is 5.15. The Morgan fingerprint density at radius 1 is 1.33 bits per heavy atom. The van der Waals surface area contributed by atoms with Crippen molar-refractivity contribution < 1.29 is 19.4 Å². The van der Waals surface area contributed by atoms with Crippen LogP contribution in [-0.2, 0) is 4.79 Å². The molecule has 10 heteroatoms. The van der Waals surface area contributed by atoms with Gasteiger partial charge in [0.2, 0.25) is 17.7 Å². The number of aromatic nitrogens is 2. The van der Waals surface area contributed by atoms with Crippen molar-refractivity contribution in [1.29, 1.82) is 0 Å². The fourth-order valence-electron chi connectivity index (χ4n) is 3.26. The average Bonchev–Trinajstić information content (AvgIpc) is 3.07. The fourth-order valence-corrected chi connectivity index (χ4v) is 3.26. The van der Waals surface area contributed by atoms with Crippen LogP contribution in [0.25, 0.3) is 0 Å². The first-order chi connectivity index (χ1) is 12.8. The number of anilines is 3. The molecule has 1 aliphatic rings. The van der Waals surface area contributed by atoms with Gasteiger partial charge >= 0.3 is 0 Å². The summed E-state index contributed by atoms with van der Waals surface area (Å²) in [5.41, 5.74) is 4.59. The van der Waals surface area contributed by atoms with Gasteiger partial charge < -0.3 is 26.6 Å². The molecule has 1 saturated carbocycles. The number of H-pyrrole nitrogens is 1. The minimum Gasteiger partial charge on any atom is -0.506 e. The van der Waals surface area contributed by atoms with E-state index in [2.05, 4.69) is 20.6 Å². The molecule has 0 spiro atoms. The summed E-state index contributed by atoms with van der Waals surface area (Å²) in [5.74, 6) is -2.49. The van der Waals surface area contributed by atoms with Crippen molar-refractivity contribution in [3.8, 4) is 11.6 Å². The topological polar surface area (TPSA) is 153 Å². The number of phenols is 1. The zero-order chi connectivity index (χ0) is 19.6. The number of amides is 1. The number of nitrogens with two attached hydrogens (primary N) is 1. The maximum Gasteiger partial charge on any atom is 0.259 e. The molecule has 27 heavy (non-hydrogen) atoms. The van der Waals surface area contributed by atoms with Crippen molar-refractivity contribution in [2.24, 2.45) is 5.73 Å². The number of nitrogens with zero attached hydrogens (tertiary/aromatic N) is 1. The van der Waals surface area contributed by atoms with Gasteiger partial charge in [0, 0.05) is 11.8 Å². The van der Waals surface area contributed by atoms with Gasteiger partial charge in [-0.15, -0.1) is 0 Å². The van der Waals surface area contributed by atoms with E-state index in [0.29, 0.717) is 0 Å². The maximum absolute atomic E-state index is 14.1. The maximum atomic E-state index is 14.1. The van der Waals surface area contributed by atoms with Crippen molar-refractivity contribution in [2.45, 2.75) is 31.6 Å². The lowest BCUT2D eigenvalue weighted by Crippen LogP contribution is -2.22. The molecule has 0 bridgehead atoms. The number of nitrogens with one attached hydrogen (secondary N) is 3. The zero-order valence-corrected chi connectivity index (χ0v) is 14.4. The Balaban J connectivity index is 1.83. The molecule has 7 N–H and O–H groups in total. The Bertz CT molecular complexity index is 901. The van der Waals surface area contributed by atoms with E-state index in [9.17, 15) is 24.2 Å². The summed E-state index contributed by atoms with van der Waals surface area (Å²) in [6.45, 7) is -0.345. The van der Waals surface area contributed by atoms with E-state index in [1.807, 2.05) is 0 Å². The van der Waals surface area contributed by atoms with E-state index in [0.717, 1.165) is 31.7 Å². The molecule has 1 aromatic heterocycles. The van der Waals surface area contributed by atoms with E-state index < -0.39 is 23.0 Å². The molecule has 0 radical (unpaired) electrons. The van der Waals surface area contributed by atoms with Crippen LogP contribution in [0, 0.1) is 5.82 Å². The molecule has 3 rings (SSSR count). The standard InChI is InChI=1S/C17H20FN5O4/c18-10-5-9(6-11(24)14(10)20-7-12(19)25)21-17-22-15(26)13(16(27)23-17)8-3-1-2-4-8/h5-6,8,20,24H,1-4,7H2,(H2,19,25)(H3,21,22,23,26,27). The van der Waals surface area contributed by atoms with Crippen LogP contribution in [0.4, 0.5) is 21.7 Å². The summed E-state index contributed by atoms with van der Waals surface area (Å²) >= 11 is 0. The third-order valence-corrected chi connectivity index (χ3v) is 4.47. The Morgan fingerprint density at radius 2 is 2.04 bits per heavy atom. The molecule has 0 saturated heterocycles. The number of rotatable bonds is 6. The Hall–Kier alpha value is -3.30. The van der Waals surface area contributed by atoms with Crippen LogP contribution < -0.4 is 21.9 Å². The minimum absolute atomic E-state index is 0.0209. The number of phenolic OH excluding ortho intramolecular Hbond substituents is 1. The highest BCUT2D eigenvalue weighted by Crippen LogP contribution is 2.36. The molecule has 0 aliphatic heterocycles. The quantitative estimate of drug-likeness (QED) is 0.418. The van der Waals surface area contributed by atoms with Crippen LogP contribution in [-0.4, -0.2) is 32.6 Å². The predicted molar refractivity (Wildman–Crippen MR) is 96.8 cm³/mol. The monoisotopic (exact) mass is 377 g/mol. The van der Waals surface area contributed by atoms with E-state index >= 15 is 0 Å². The van der Waals surface area contributed by atoms with Gasteiger partial charge in [-0.25, -0.2) is 4.39 Å². The lowest BCUT2D eigenvalue weighted by Gasteiger charge is -2.13. The second-order valence-electron chi connectivity index (χ2n) is 6.43. The minimum atomic E-state index is -0.840. The third kappa shape index (κ3) is 4.10. The van der Waals surface area contributed by atoms with Crippen LogP contribution >= 0.6 is 0 Å². The first-order valence-electron chi connectivity index (χ1n) is 8.50. The van der Waals surface area contributed by atoms with E-state index in [-0.39, 0.29) is 41.2 Å². The van der Waals surface area contributed by atoms with Crippen molar-refractivity contribution in [3.05, 3.63) is 33.9 Å². The number of primary amides is 1.